The van der Waals surface area contributed by atoms with Crippen LogP contribution in [0.3, 0.4) is 0 Å². The van der Waals surface area contributed by atoms with Gasteiger partial charge in [0.25, 0.3) is 0 Å². The van der Waals surface area contributed by atoms with Gasteiger partial charge < -0.3 is 5.11 Å². The monoisotopic (exact) mass is 232 g/mol. The van der Waals surface area contributed by atoms with Gasteiger partial charge in [0.15, 0.2) is 5.78 Å². The van der Waals surface area contributed by atoms with Gasteiger partial charge in [-0.05, 0) is 17.3 Å². The fourth-order valence-electron chi connectivity index (χ4n) is 1.31. The largest absolute Gasteiger partial charge is 0.507 e. The van der Waals surface area contributed by atoms with Gasteiger partial charge in [-0.1, -0.05) is 12.1 Å². The van der Waals surface area contributed by atoms with Gasteiger partial charge in [0.05, 0.1) is 12.0 Å². The van der Waals surface area contributed by atoms with Crippen molar-refractivity contribution in [2.75, 3.05) is 0 Å². The Labute approximate surface area is 95.5 Å². The number of phenols is 1. The number of Topliss-reactive ketones (excluding diaryl/α,β-unsaturated/α-hetero) is 2. The van der Waals surface area contributed by atoms with Crippen LogP contribution in [-0.2, 0) is 0 Å². The van der Waals surface area contributed by atoms with Gasteiger partial charge in [-0.15, -0.1) is 10.2 Å². The molecule has 17 heavy (non-hydrogen) atoms. The van der Waals surface area contributed by atoms with E-state index in [2.05, 4.69) is 20.6 Å². The van der Waals surface area contributed by atoms with Crippen molar-refractivity contribution in [1.29, 1.82) is 0 Å². The second kappa shape index (κ2) is 4.52. The minimum Gasteiger partial charge on any atom is -0.507 e. The standard InChI is InChI=1S/C10H8N4O3/c15-7-4-2-1-3-6(7)8(16)5-9(17)10-11-13-14-12-10/h1-4,15H,5H2,(H,11,12,13,14). The van der Waals surface area contributed by atoms with E-state index in [0.29, 0.717) is 0 Å². The number of carbonyl (C=O) groups is 2. The van der Waals surface area contributed by atoms with Gasteiger partial charge >= 0.3 is 0 Å². The topological polar surface area (TPSA) is 109 Å². The summed E-state index contributed by atoms with van der Waals surface area (Å²) >= 11 is 0. The van der Waals surface area contributed by atoms with Gasteiger partial charge in [-0.2, -0.15) is 5.21 Å². The third-order valence-electron chi connectivity index (χ3n) is 2.12. The summed E-state index contributed by atoms with van der Waals surface area (Å²) in [6.45, 7) is 0. The van der Waals surface area contributed by atoms with Crippen LogP contribution in [-0.4, -0.2) is 37.3 Å². The molecule has 0 amide bonds. The van der Waals surface area contributed by atoms with E-state index >= 15 is 0 Å². The Hall–Kier alpha value is -2.57. The van der Waals surface area contributed by atoms with E-state index in [1.165, 1.54) is 12.1 Å². The number of carbonyl (C=O) groups excluding carboxylic acids is 2. The lowest BCUT2D eigenvalue weighted by atomic mass is 10.0. The van der Waals surface area contributed by atoms with Crippen molar-refractivity contribution in [1.82, 2.24) is 20.6 Å². The number of tetrazole rings is 1. The number of aromatic nitrogens is 4. The van der Waals surface area contributed by atoms with Crippen LogP contribution in [0.2, 0.25) is 0 Å². The normalized spacial score (nSPS) is 10.1. The second-order valence-electron chi connectivity index (χ2n) is 3.28. The molecule has 2 N–H and O–H groups in total. The number of H-pyrrole nitrogens is 1. The molecule has 7 nitrogen and oxygen atoms in total. The maximum atomic E-state index is 11.7. The highest BCUT2D eigenvalue weighted by atomic mass is 16.3. The lowest BCUT2D eigenvalue weighted by molar-refractivity contribution is 0.0887. The smallest absolute Gasteiger partial charge is 0.240 e. The first kappa shape index (κ1) is 10.9. The highest BCUT2D eigenvalue weighted by Gasteiger charge is 2.18. The van der Waals surface area contributed by atoms with E-state index < -0.39 is 18.0 Å². The predicted molar refractivity (Wildman–Crippen MR) is 55.6 cm³/mol. The van der Waals surface area contributed by atoms with Crippen LogP contribution >= 0.6 is 0 Å². The van der Waals surface area contributed by atoms with Crippen molar-refractivity contribution < 1.29 is 14.7 Å². The third-order valence-corrected chi connectivity index (χ3v) is 2.12. The fraction of sp³-hybridized carbons (Fsp3) is 0.100. The molecule has 0 aliphatic rings. The number of aromatic hydroxyl groups is 1. The Morgan fingerprint density at radius 1 is 1.24 bits per heavy atom. The van der Waals surface area contributed by atoms with Gasteiger partial charge in [0.1, 0.15) is 5.75 Å². The van der Waals surface area contributed by atoms with Crippen LogP contribution in [0.25, 0.3) is 0 Å². The van der Waals surface area contributed by atoms with E-state index in [0.717, 1.165) is 0 Å². The number of aromatic amines is 1. The minimum absolute atomic E-state index is 0.101. The average Bonchev–Trinajstić information content (AvgIpc) is 2.82. The summed E-state index contributed by atoms with van der Waals surface area (Å²) in [7, 11) is 0. The maximum absolute atomic E-state index is 11.7. The van der Waals surface area contributed by atoms with Gasteiger partial charge in [0.2, 0.25) is 11.6 Å². The zero-order chi connectivity index (χ0) is 12.3. The fourth-order valence-corrected chi connectivity index (χ4v) is 1.31. The molecule has 0 unspecified atom stereocenters. The Kier molecular flexibility index (Phi) is 2.91. The molecule has 0 saturated heterocycles. The summed E-state index contributed by atoms with van der Waals surface area (Å²) < 4.78 is 0. The van der Waals surface area contributed by atoms with Gasteiger partial charge in [-0.25, -0.2) is 0 Å². The molecule has 0 aliphatic heterocycles. The van der Waals surface area contributed by atoms with Crippen LogP contribution in [0.5, 0.6) is 5.75 Å². The van der Waals surface area contributed by atoms with Crippen molar-refractivity contribution >= 4 is 11.6 Å². The molecule has 1 aromatic heterocycles. The van der Waals surface area contributed by atoms with Gasteiger partial charge in [-0.3, -0.25) is 9.59 Å². The first-order valence-corrected chi connectivity index (χ1v) is 4.76. The van der Waals surface area contributed by atoms with E-state index in [1.54, 1.807) is 12.1 Å². The summed E-state index contributed by atoms with van der Waals surface area (Å²) in [4.78, 5) is 23.2. The molecule has 2 rings (SSSR count). The molecule has 0 atom stereocenters. The minimum atomic E-state index is -0.549. The maximum Gasteiger partial charge on any atom is 0.240 e. The van der Waals surface area contributed by atoms with Gasteiger partial charge in [0, 0.05) is 0 Å². The van der Waals surface area contributed by atoms with Crippen LogP contribution in [0.4, 0.5) is 0 Å². The molecule has 0 saturated carbocycles. The van der Waals surface area contributed by atoms with Crippen molar-refractivity contribution in [2.24, 2.45) is 0 Å². The quantitative estimate of drug-likeness (QED) is 0.582. The number of benzene rings is 1. The highest BCUT2D eigenvalue weighted by Crippen LogP contribution is 2.17. The van der Waals surface area contributed by atoms with Crippen molar-refractivity contribution in [3.8, 4) is 5.75 Å². The Balaban J connectivity index is 2.13. The number of hydrogen-bond donors (Lipinski definition) is 2. The summed E-state index contributed by atoms with van der Waals surface area (Å²) in [5.41, 5.74) is 0.101. The van der Waals surface area contributed by atoms with Crippen molar-refractivity contribution in [2.45, 2.75) is 6.42 Å². The molecular weight excluding hydrogens is 224 g/mol. The van der Waals surface area contributed by atoms with Crippen LogP contribution < -0.4 is 0 Å². The van der Waals surface area contributed by atoms with E-state index in [-0.39, 0.29) is 17.1 Å². The Morgan fingerprint density at radius 2 is 2.00 bits per heavy atom. The van der Waals surface area contributed by atoms with Crippen molar-refractivity contribution in [3.05, 3.63) is 35.7 Å². The number of para-hydroxylation sites is 1. The molecule has 0 radical (unpaired) electrons. The number of phenolic OH excluding ortho intramolecular Hbond substituents is 1. The summed E-state index contributed by atoms with van der Waals surface area (Å²) in [5.74, 6) is -1.34. The van der Waals surface area contributed by atoms with Crippen molar-refractivity contribution in [3.63, 3.8) is 0 Å². The van der Waals surface area contributed by atoms with Crippen LogP contribution in [0.15, 0.2) is 24.3 Å². The molecule has 1 aromatic carbocycles. The summed E-state index contributed by atoms with van der Waals surface area (Å²) in [6, 6.07) is 6.02. The Bertz CT molecular complexity index is 550. The van der Waals surface area contributed by atoms with E-state index in [1.807, 2.05) is 0 Å². The Morgan fingerprint density at radius 3 is 2.65 bits per heavy atom. The predicted octanol–water partition coefficient (Wildman–Crippen LogP) is 0.361. The van der Waals surface area contributed by atoms with Crippen LogP contribution in [0.1, 0.15) is 27.4 Å². The first-order valence-electron chi connectivity index (χ1n) is 4.76. The molecule has 0 bridgehead atoms. The molecule has 2 aromatic rings. The number of rotatable bonds is 4. The SMILES string of the molecule is O=C(CC(=O)c1ccccc1O)c1nn[nH]n1. The molecule has 0 spiro atoms. The number of nitrogens with one attached hydrogen (secondary N) is 1. The third kappa shape index (κ3) is 2.33. The van der Waals surface area contributed by atoms with Crippen LogP contribution in [0, 0.1) is 0 Å². The molecule has 1 heterocycles. The lowest BCUT2D eigenvalue weighted by Crippen LogP contribution is -2.10. The molecule has 86 valence electrons. The number of nitrogens with zero attached hydrogens (tertiary/aromatic N) is 3. The van der Waals surface area contributed by atoms with E-state index in [4.69, 9.17) is 0 Å². The zero-order valence-corrected chi connectivity index (χ0v) is 8.62. The molecular formula is C10H8N4O3. The lowest BCUT2D eigenvalue weighted by Gasteiger charge is -2.01. The summed E-state index contributed by atoms with van der Waals surface area (Å²) in [5, 5.41) is 21.7. The second-order valence-corrected chi connectivity index (χ2v) is 3.28. The number of hydrogen-bond acceptors (Lipinski definition) is 6. The molecule has 0 aliphatic carbocycles. The summed E-state index contributed by atoms with van der Waals surface area (Å²) in [6.07, 6.45) is -0.406. The first-order chi connectivity index (χ1) is 8.18. The highest BCUT2D eigenvalue weighted by molar-refractivity contribution is 6.13. The number of ketones is 2. The van der Waals surface area contributed by atoms with E-state index in [9.17, 15) is 14.7 Å². The average molecular weight is 232 g/mol. The zero-order valence-electron chi connectivity index (χ0n) is 8.62. The molecule has 0 fully saturated rings. The molecule has 7 heteroatoms.